The number of hydrogen-bond acceptors (Lipinski definition) is 6. The average Bonchev–Trinajstić information content (AvgIpc) is 3.19. The Bertz CT molecular complexity index is 1350. The summed E-state index contributed by atoms with van der Waals surface area (Å²) >= 11 is 7.24. The third kappa shape index (κ3) is 3.95. The van der Waals surface area contributed by atoms with Crippen molar-refractivity contribution in [1.29, 1.82) is 0 Å². The third-order valence-electron chi connectivity index (χ3n) is 4.47. The van der Waals surface area contributed by atoms with Crippen molar-refractivity contribution in [3.63, 3.8) is 0 Å². The van der Waals surface area contributed by atoms with Crippen LogP contribution in [0, 0.1) is 0 Å². The lowest BCUT2D eigenvalue weighted by molar-refractivity contribution is 0.0520. The predicted octanol–water partition coefficient (Wildman–Crippen LogP) is 4.53. The van der Waals surface area contributed by atoms with Crippen LogP contribution in [0.5, 0.6) is 0 Å². The fourth-order valence-corrected chi connectivity index (χ4v) is 4.21. The Hall–Kier alpha value is -3.49. The molecule has 0 aliphatic rings. The van der Waals surface area contributed by atoms with Crippen LogP contribution in [0.4, 0.5) is 5.00 Å². The van der Waals surface area contributed by atoms with Crippen molar-refractivity contribution in [2.24, 2.45) is 0 Å². The molecule has 0 bridgehead atoms. The molecule has 4 aromatic rings. The van der Waals surface area contributed by atoms with Gasteiger partial charge in [0.05, 0.1) is 28.3 Å². The number of amides is 1. The van der Waals surface area contributed by atoms with Gasteiger partial charge in [-0.1, -0.05) is 41.9 Å². The molecule has 0 saturated heterocycles. The maximum atomic E-state index is 13.3. The van der Waals surface area contributed by atoms with Crippen molar-refractivity contribution in [2.75, 3.05) is 11.9 Å². The van der Waals surface area contributed by atoms with Crippen molar-refractivity contribution >= 4 is 50.6 Å². The van der Waals surface area contributed by atoms with E-state index in [9.17, 15) is 14.4 Å². The number of para-hydroxylation sites is 1. The van der Waals surface area contributed by atoms with E-state index in [2.05, 4.69) is 10.4 Å². The van der Waals surface area contributed by atoms with Crippen molar-refractivity contribution in [2.45, 2.75) is 6.92 Å². The standard InChI is InChI=1S/C22H16ClN3O4S/c1-2-30-22(29)18-15-12-31-20(24-19(27)14-10-6-7-11-16(14)23)17(15)21(28)26(25-18)13-8-4-3-5-9-13/h3-12H,2H2,1H3,(H,24,27). The summed E-state index contributed by atoms with van der Waals surface area (Å²) in [7, 11) is 0. The largest absolute Gasteiger partial charge is 0.461 e. The number of benzene rings is 2. The number of thiophene rings is 1. The van der Waals surface area contributed by atoms with Crippen LogP contribution >= 0.6 is 22.9 Å². The molecule has 31 heavy (non-hydrogen) atoms. The van der Waals surface area contributed by atoms with Crippen LogP contribution in [-0.4, -0.2) is 28.3 Å². The Morgan fingerprint density at radius 2 is 1.84 bits per heavy atom. The van der Waals surface area contributed by atoms with E-state index in [1.54, 1.807) is 66.9 Å². The minimum absolute atomic E-state index is 0.00482. The van der Waals surface area contributed by atoms with Crippen molar-refractivity contribution < 1.29 is 14.3 Å². The number of halogens is 1. The van der Waals surface area contributed by atoms with E-state index in [1.165, 1.54) is 0 Å². The summed E-state index contributed by atoms with van der Waals surface area (Å²) in [5.41, 5.74) is 0.281. The first-order valence-electron chi connectivity index (χ1n) is 9.34. The summed E-state index contributed by atoms with van der Waals surface area (Å²) in [5.74, 6) is -1.12. The van der Waals surface area contributed by atoms with E-state index in [1.807, 2.05) is 0 Å². The van der Waals surface area contributed by atoms with Crippen LogP contribution in [0.25, 0.3) is 16.5 Å². The topological polar surface area (TPSA) is 90.3 Å². The van der Waals surface area contributed by atoms with Crippen LogP contribution in [0.15, 0.2) is 64.8 Å². The smallest absolute Gasteiger partial charge is 0.359 e. The normalized spacial score (nSPS) is 10.8. The van der Waals surface area contributed by atoms with Gasteiger partial charge in [0, 0.05) is 10.8 Å². The summed E-state index contributed by atoms with van der Waals surface area (Å²) < 4.78 is 6.26. The number of aromatic nitrogens is 2. The number of ether oxygens (including phenoxy) is 1. The maximum absolute atomic E-state index is 13.3. The minimum atomic E-state index is -0.654. The Balaban J connectivity index is 1.89. The van der Waals surface area contributed by atoms with E-state index in [0.29, 0.717) is 16.1 Å². The summed E-state index contributed by atoms with van der Waals surface area (Å²) in [4.78, 5) is 38.6. The zero-order chi connectivity index (χ0) is 22.0. The molecule has 0 aliphatic heterocycles. The monoisotopic (exact) mass is 453 g/mol. The average molecular weight is 454 g/mol. The molecular formula is C22H16ClN3O4S. The van der Waals surface area contributed by atoms with Crippen molar-refractivity contribution in [1.82, 2.24) is 9.78 Å². The molecule has 0 atom stereocenters. The van der Waals surface area contributed by atoms with Gasteiger partial charge in [-0.15, -0.1) is 11.3 Å². The lowest BCUT2D eigenvalue weighted by Crippen LogP contribution is -2.25. The van der Waals surface area contributed by atoms with Crippen molar-refractivity contribution in [3.05, 3.63) is 86.6 Å². The predicted molar refractivity (Wildman–Crippen MR) is 121 cm³/mol. The van der Waals surface area contributed by atoms with Gasteiger partial charge in [0.2, 0.25) is 0 Å². The van der Waals surface area contributed by atoms with E-state index in [4.69, 9.17) is 16.3 Å². The molecule has 0 fully saturated rings. The highest BCUT2D eigenvalue weighted by atomic mass is 35.5. The molecule has 0 radical (unpaired) electrons. The second kappa shape index (κ2) is 8.71. The molecular weight excluding hydrogens is 438 g/mol. The number of fused-ring (bicyclic) bond motifs is 1. The van der Waals surface area contributed by atoms with E-state index in [0.717, 1.165) is 16.0 Å². The van der Waals surface area contributed by atoms with Crippen LogP contribution in [0.1, 0.15) is 27.8 Å². The molecule has 4 rings (SSSR count). The number of rotatable bonds is 5. The lowest BCUT2D eigenvalue weighted by Gasteiger charge is -2.10. The number of esters is 1. The number of anilines is 1. The fourth-order valence-electron chi connectivity index (χ4n) is 3.05. The first kappa shape index (κ1) is 20.8. The molecule has 9 heteroatoms. The molecule has 2 heterocycles. The molecule has 1 N–H and O–H groups in total. The van der Waals surface area contributed by atoms with Crippen LogP contribution in [-0.2, 0) is 4.74 Å². The zero-order valence-electron chi connectivity index (χ0n) is 16.3. The first-order chi connectivity index (χ1) is 15.0. The highest BCUT2D eigenvalue weighted by Gasteiger charge is 2.23. The molecule has 7 nitrogen and oxygen atoms in total. The Morgan fingerprint density at radius 1 is 1.13 bits per heavy atom. The van der Waals surface area contributed by atoms with Gasteiger partial charge in [0.1, 0.15) is 5.00 Å². The number of carbonyl (C=O) groups is 2. The van der Waals surface area contributed by atoms with Crippen LogP contribution < -0.4 is 10.9 Å². The first-order valence-corrected chi connectivity index (χ1v) is 10.6. The van der Waals surface area contributed by atoms with E-state index < -0.39 is 17.4 Å². The number of carbonyl (C=O) groups excluding carboxylic acids is 2. The molecule has 156 valence electrons. The Kier molecular flexibility index (Phi) is 5.83. The van der Waals surface area contributed by atoms with E-state index >= 15 is 0 Å². The minimum Gasteiger partial charge on any atom is -0.461 e. The highest BCUT2D eigenvalue weighted by Crippen LogP contribution is 2.31. The van der Waals surface area contributed by atoms with Gasteiger partial charge >= 0.3 is 5.97 Å². The quantitative estimate of drug-likeness (QED) is 0.448. The van der Waals surface area contributed by atoms with Crippen molar-refractivity contribution in [3.8, 4) is 5.69 Å². The summed E-state index contributed by atoms with van der Waals surface area (Å²) in [6.45, 7) is 1.85. The second-order valence-electron chi connectivity index (χ2n) is 6.41. The number of nitrogens with one attached hydrogen (secondary N) is 1. The molecule has 0 unspecified atom stereocenters. The third-order valence-corrected chi connectivity index (χ3v) is 5.69. The molecule has 1 amide bonds. The maximum Gasteiger partial charge on any atom is 0.359 e. The van der Waals surface area contributed by atoms with Gasteiger partial charge in [0.15, 0.2) is 5.69 Å². The Labute approximate surface area is 185 Å². The second-order valence-corrected chi connectivity index (χ2v) is 7.70. The molecule has 0 spiro atoms. The molecule has 2 aromatic carbocycles. The molecule has 2 aromatic heterocycles. The fraction of sp³-hybridized carbons (Fsp3) is 0.0909. The molecule has 0 saturated carbocycles. The van der Waals surface area contributed by atoms with Gasteiger partial charge < -0.3 is 10.1 Å². The zero-order valence-corrected chi connectivity index (χ0v) is 17.9. The summed E-state index contributed by atoms with van der Waals surface area (Å²) in [6.07, 6.45) is 0. The lowest BCUT2D eigenvalue weighted by atomic mass is 10.2. The van der Waals surface area contributed by atoms with Crippen LogP contribution in [0.3, 0.4) is 0 Å². The van der Waals surface area contributed by atoms with Crippen LogP contribution in [0.2, 0.25) is 5.02 Å². The van der Waals surface area contributed by atoms with Gasteiger partial charge in [-0.05, 0) is 31.2 Å². The molecule has 0 aliphatic carbocycles. The van der Waals surface area contributed by atoms with Gasteiger partial charge in [0.25, 0.3) is 11.5 Å². The van der Waals surface area contributed by atoms with Gasteiger partial charge in [-0.3, -0.25) is 9.59 Å². The van der Waals surface area contributed by atoms with Gasteiger partial charge in [-0.25, -0.2) is 4.79 Å². The number of nitrogens with zero attached hydrogens (tertiary/aromatic N) is 2. The SMILES string of the molecule is CCOC(=O)c1nn(-c2ccccc2)c(=O)c2c(NC(=O)c3ccccc3Cl)scc12. The van der Waals surface area contributed by atoms with E-state index in [-0.39, 0.29) is 28.3 Å². The van der Waals surface area contributed by atoms with Gasteiger partial charge in [-0.2, -0.15) is 9.78 Å². The summed E-state index contributed by atoms with van der Waals surface area (Å²) in [5, 5.41) is 9.67. The summed E-state index contributed by atoms with van der Waals surface area (Å²) in [6, 6.07) is 15.3. The Morgan fingerprint density at radius 3 is 2.55 bits per heavy atom. The number of hydrogen-bond donors (Lipinski definition) is 1. The highest BCUT2D eigenvalue weighted by molar-refractivity contribution is 7.16.